The molecule has 3 aromatic rings. The Hall–Kier alpha value is -3.75. The van der Waals surface area contributed by atoms with Gasteiger partial charge >= 0.3 is 0 Å². The summed E-state index contributed by atoms with van der Waals surface area (Å²) >= 11 is 14.9. The summed E-state index contributed by atoms with van der Waals surface area (Å²) in [5.41, 5.74) is 2.67. The lowest BCUT2D eigenvalue weighted by Crippen LogP contribution is -2.57. The van der Waals surface area contributed by atoms with Gasteiger partial charge in [-0.05, 0) is 34.2 Å². The SMILES string of the molecule is CC(C)[C@@H](C(=O)Nc1cccc([N+](=O)[O-])c1)N1C(=O)[C@H]2[C@H](C1=O)C1(Cl)c3ccccc3C2(Cl)c2ccccc21. The second kappa shape index (κ2) is 8.63. The van der Waals surface area contributed by atoms with E-state index < -0.39 is 56.2 Å². The topological polar surface area (TPSA) is 110 Å². The molecular formula is C29H23Cl2N3O5. The number of amides is 3. The maximum atomic E-state index is 14.2. The quantitative estimate of drug-likeness (QED) is 0.200. The maximum Gasteiger partial charge on any atom is 0.271 e. The number of halogens is 2. The Morgan fingerprint density at radius 2 is 1.33 bits per heavy atom. The van der Waals surface area contributed by atoms with Crippen LogP contribution in [0.15, 0.2) is 72.8 Å². The Morgan fingerprint density at radius 3 is 1.74 bits per heavy atom. The first-order valence-electron chi connectivity index (χ1n) is 12.5. The van der Waals surface area contributed by atoms with E-state index in [0.717, 1.165) is 4.90 Å². The van der Waals surface area contributed by atoms with Crippen LogP contribution in [0.5, 0.6) is 0 Å². The number of alkyl halides is 2. The van der Waals surface area contributed by atoms with Crippen LogP contribution in [0.4, 0.5) is 11.4 Å². The second-order valence-electron chi connectivity index (χ2n) is 10.5. The van der Waals surface area contributed by atoms with Gasteiger partial charge in [0.15, 0.2) is 0 Å². The van der Waals surface area contributed by atoms with Crippen LogP contribution in [0.3, 0.4) is 0 Å². The number of nitro groups is 1. The third-order valence-corrected chi connectivity index (χ3v) is 9.41. The molecule has 3 atom stereocenters. The van der Waals surface area contributed by atoms with Gasteiger partial charge in [-0.15, -0.1) is 23.2 Å². The van der Waals surface area contributed by atoms with E-state index in [0.29, 0.717) is 22.3 Å². The molecule has 10 heteroatoms. The monoisotopic (exact) mass is 563 g/mol. The minimum Gasteiger partial charge on any atom is -0.324 e. The van der Waals surface area contributed by atoms with Crippen molar-refractivity contribution in [3.8, 4) is 0 Å². The number of nitro benzene ring substituents is 1. The summed E-state index contributed by atoms with van der Waals surface area (Å²) in [4.78, 5) is 51.0. The highest BCUT2D eigenvalue weighted by atomic mass is 35.5. The van der Waals surface area contributed by atoms with Crippen LogP contribution < -0.4 is 5.32 Å². The van der Waals surface area contributed by atoms with E-state index in [1.807, 2.05) is 48.5 Å². The zero-order valence-electron chi connectivity index (χ0n) is 20.9. The van der Waals surface area contributed by atoms with Crippen molar-refractivity contribution < 1.29 is 19.3 Å². The molecule has 0 saturated carbocycles. The largest absolute Gasteiger partial charge is 0.324 e. The number of nitrogens with zero attached hydrogens (tertiary/aromatic N) is 2. The van der Waals surface area contributed by atoms with Gasteiger partial charge in [0, 0.05) is 17.8 Å². The van der Waals surface area contributed by atoms with Crippen LogP contribution in [-0.2, 0) is 24.1 Å². The zero-order valence-corrected chi connectivity index (χ0v) is 22.4. The predicted molar refractivity (Wildman–Crippen MR) is 145 cm³/mol. The predicted octanol–water partition coefficient (Wildman–Crippen LogP) is 5.15. The normalized spacial score (nSPS) is 27.2. The first kappa shape index (κ1) is 25.5. The number of rotatable bonds is 5. The molecule has 1 saturated heterocycles. The van der Waals surface area contributed by atoms with Gasteiger partial charge < -0.3 is 5.32 Å². The van der Waals surface area contributed by atoms with Gasteiger partial charge in [0.05, 0.1) is 16.8 Å². The molecule has 0 spiro atoms. The number of hydrogen-bond donors (Lipinski definition) is 1. The standard InChI is InChI=1S/C29H23Cl2N3O5/c1-15(2)24(25(35)32-16-8-7-9-17(14-16)34(38)39)33-26(36)22-23(27(33)37)29(31)19-11-4-3-10-18(19)28(22,30)20-12-5-6-13-21(20)29/h3-15,22-24H,1-2H3,(H,32,35)/t22-,23-,24+,28?,29?/m1/s1. The number of hydrogen-bond acceptors (Lipinski definition) is 5. The van der Waals surface area contributed by atoms with Gasteiger partial charge in [-0.2, -0.15) is 0 Å². The lowest BCUT2D eigenvalue weighted by Gasteiger charge is -2.54. The number of non-ortho nitro benzene ring substituents is 1. The molecule has 39 heavy (non-hydrogen) atoms. The number of nitrogens with one attached hydrogen (secondary N) is 1. The average Bonchev–Trinajstić information content (AvgIpc) is 3.18. The maximum absolute atomic E-state index is 14.2. The van der Waals surface area contributed by atoms with Crippen LogP contribution in [0.25, 0.3) is 0 Å². The van der Waals surface area contributed by atoms with E-state index in [1.165, 1.54) is 24.3 Å². The molecule has 3 amide bonds. The molecule has 1 fully saturated rings. The highest BCUT2D eigenvalue weighted by Gasteiger charge is 2.73. The summed E-state index contributed by atoms with van der Waals surface area (Å²) in [5.74, 6) is -4.30. The highest BCUT2D eigenvalue weighted by molar-refractivity contribution is 6.36. The van der Waals surface area contributed by atoms with Gasteiger partial charge in [0.25, 0.3) is 5.69 Å². The van der Waals surface area contributed by atoms with Crippen molar-refractivity contribution in [3.63, 3.8) is 0 Å². The Balaban J connectivity index is 1.46. The lowest BCUT2D eigenvalue weighted by atomic mass is 9.54. The third-order valence-electron chi connectivity index (χ3n) is 8.12. The van der Waals surface area contributed by atoms with Gasteiger partial charge in [0.1, 0.15) is 15.8 Å². The number of carbonyl (C=O) groups excluding carboxylic acids is 3. The molecule has 0 aromatic heterocycles. The Morgan fingerprint density at radius 1 is 0.872 bits per heavy atom. The molecule has 8 nitrogen and oxygen atoms in total. The first-order valence-corrected chi connectivity index (χ1v) is 13.3. The molecular weight excluding hydrogens is 541 g/mol. The van der Waals surface area contributed by atoms with E-state index >= 15 is 0 Å². The molecule has 198 valence electrons. The zero-order chi connectivity index (χ0) is 27.9. The van der Waals surface area contributed by atoms with Gasteiger partial charge in [-0.1, -0.05) is 68.4 Å². The van der Waals surface area contributed by atoms with E-state index in [1.54, 1.807) is 13.8 Å². The van der Waals surface area contributed by atoms with Crippen LogP contribution in [-0.4, -0.2) is 33.6 Å². The molecule has 1 N–H and O–H groups in total. The summed E-state index contributed by atoms with van der Waals surface area (Å²) in [6, 6.07) is 18.9. The molecule has 7 rings (SSSR count). The Labute approximate surface area is 234 Å². The van der Waals surface area contributed by atoms with Crippen LogP contribution in [0.2, 0.25) is 0 Å². The molecule has 1 aliphatic heterocycles. The van der Waals surface area contributed by atoms with Crippen LogP contribution in [0, 0.1) is 27.9 Å². The number of benzene rings is 3. The van der Waals surface area contributed by atoms with Gasteiger partial charge in [-0.3, -0.25) is 29.4 Å². The van der Waals surface area contributed by atoms with Crippen molar-refractivity contribution in [2.45, 2.75) is 29.6 Å². The summed E-state index contributed by atoms with van der Waals surface area (Å²) in [5, 5.41) is 13.9. The molecule has 4 aliphatic rings. The minimum atomic E-state index is -1.35. The number of imide groups is 1. The van der Waals surface area contributed by atoms with Crippen molar-refractivity contribution in [1.82, 2.24) is 4.90 Å². The van der Waals surface area contributed by atoms with Crippen molar-refractivity contribution in [2.75, 3.05) is 5.32 Å². The Kier molecular flexibility index (Phi) is 5.65. The summed E-state index contributed by atoms with van der Waals surface area (Å²) in [6.07, 6.45) is 0. The van der Waals surface area contributed by atoms with Crippen LogP contribution >= 0.6 is 23.2 Å². The summed E-state index contributed by atoms with van der Waals surface area (Å²) in [6.45, 7) is 3.45. The van der Waals surface area contributed by atoms with E-state index in [9.17, 15) is 24.5 Å². The van der Waals surface area contributed by atoms with Crippen molar-refractivity contribution in [1.29, 1.82) is 0 Å². The van der Waals surface area contributed by atoms with E-state index in [2.05, 4.69) is 5.32 Å². The van der Waals surface area contributed by atoms with Crippen molar-refractivity contribution in [3.05, 3.63) is 105 Å². The number of carbonyl (C=O) groups is 3. The van der Waals surface area contributed by atoms with Crippen molar-refractivity contribution >= 4 is 52.3 Å². The fraction of sp³-hybridized carbons (Fsp3) is 0.276. The third kappa shape index (κ3) is 3.28. The molecule has 1 heterocycles. The molecule has 3 aromatic carbocycles. The Bertz CT molecular complexity index is 1470. The smallest absolute Gasteiger partial charge is 0.271 e. The number of likely N-dealkylation sites (tertiary alicyclic amines) is 1. The van der Waals surface area contributed by atoms with Crippen LogP contribution in [0.1, 0.15) is 36.1 Å². The summed E-state index contributed by atoms with van der Waals surface area (Å²) in [7, 11) is 0. The molecule has 3 aliphatic carbocycles. The second-order valence-corrected chi connectivity index (χ2v) is 11.7. The van der Waals surface area contributed by atoms with Crippen molar-refractivity contribution in [2.24, 2.45) is 17.8 Å². The minimum absolute atomic E-state index is 0.180. The van der Waals surface area contributed by atoms with E-state index in [4.69, 9.17) is 23.2 Å². The van der Waals surface area contributed by atoms with Gasteiger partial charge in [0.2, 0.25) is 17.7 Å². The molecule has 0 radical (unpaired) electrons. The fourth-order valence-electron chi connectivity index (χ4n) is 6.59. The number of anilines is 1. The average molecular weight is 564 g/mol. The molecule has 0 unspecified atom stereocenters. The fourth-order valence-corrected chi connectivity index (χ4v) is 7.69. The summed E-state index contributed by atoms with van der Waals surface area (Å²) < 4.78 is 0. The molecule has 2 bridgehead atoms. The highest BCUT2D eigenvalue weighted by Crippen LogP contribution is 2.69. The van der Waals surface area contributed by atoms with Gasteiger partial charge in [-0.25, -0.2) is 0 Å². The first-order chi connectivity index (χ1) is 18.5. The van der Waals surface area contributed by atoms with E-state index in [-0.39, 0.29) is 11.4 Å². The lowest BCUT2D eigenvalue weighted by molar-refractivity contribution is -0.384.